The first-order chi connectivity index (χ1) is 6.20. The molecule has 0 bridgehead atoms. The molecule has 13 heavy (non-hydrogen) atoms. The summed E-state index contributed by atoms with van der Waals surface area (Å²) in [5, 5.41) is 3.19. The third-order valence-corrected chi connectivity index (χ3v) is 3.43. The van der Waals surface area contributed by atoms with Crippen molar-refractivity contribution in [2.45, 2.75) is 45.3 Å². The molecule has 2 rings (SSSR count). The summed E-state index contributed by atoms with van der Waals surface area (Å²) in [4.78, 5) is 13.6. The van der Waals surface area contributed by atoms with Gasteiger partial charge in [0.25, 0.3) is 0 Å². The topological polar surface area (TPSA) is 32.3 Å². The average Bonchev–Trinajstić information content (AvgIpc) is 2.60. The number of hydrogen-bond donors (Lipinski definition) is 1. The van der Waals surface area contributed by atoms with E-state index in [1.54, 1.807) is 0 Å². The van der Waals surface area contributed by atoms with Gasteiger partial charge in [0, 0.05) is 6.04 Å². The van der Waals surface area contributed by atoms with Gasteiger partial charge in [0.2, 0.25) is 5.91 Å². The van der Waals surface area contributed by atoms with Gasteiger partial charge >= 0.3 is 0 Å². The number of carbonyl (C=O) groups is 1. The highest BCUT2D eigenvalue weighted by molar-refractivity contribution is 5.81. The fourth-order valence-electron chi connectivity index (χ4n) is 2.65. The SMILES string of the molecule is CC1CCCC1N1C(=O)CNC1C. The summed E-state index contributed by atoms with van der Waals surface area (Å²) in [7, 11) is 0. The molecule has 0 aromatic rings. The molecule has 74 valence electrons. The molecule has 3 nitrogen and oxygen atoms in total. The summed E-state index contributed by atoms with van der Waals surface area (Å²) < 4.78 is 0. The van der Waals surface area contributed by atoms with Crippen LogP contribution in [0.5, 0.6) is 0 Å². The van der Waals surface area contributed by atoms with Gasteiger partial charge in [-0.3, -0.25) is 10.1 Å². The number of hydrogen-bond acceptors (Lipinski definition) is 2. The minimum atomic E-state index is 0.248. The van der Waals surface area contributed by atoms with Gasteiger partial charge in [0.15, 0.2) is 0 Å². The molecule has 1 heterocycles. The van der Waals surface area contributed by atoms with Crippen LogP contribution in [0.15, 0.2) is 0 Å². The summed E-state index contributed by atoms with van der Waals surface area (Å²) >= 11 is 0. The lowest BCUT2D eigenvalue weighted by Gasteiger charge is -2.31. The maximum Gasteiger partial charge on any atom is 0.238 e. The Kier molecular flexibility index (Phi) is 2.28. The van der Waals surface area contributed by atoms with Gasteiger partial charge in [0.1, 0.15) is 0 Å². The molecule has 3 heteroatoms. The zero-order valence-corrected chi connectivity index (χ0v) is 8.42. The Morgan fingerprint density at radius 2 is 2.15 bits per heavy atom. The van der Waals surface area contributed by atoms with Crippen LogP contribution in [0.1, 0.15) is 33.1 Å². The molecule has 1 saturated heterocycles. The standard InChI is InChI=1S/C10H18N2O/c1-7-4-3-5-9(7)12-8(2)11-6-10(12)13/h7-9,11H,3-6H2,1-2H3. The lowest BCUT2D eigenvalue weighted by atomic mass is 10.0. The number of rotatable bonds is 1. The van der Waals surface area contributed by atoms with Gasteiger partial charge in [-0.25, -0.2) is 0 Å². The van der Waals surface area contributed by atoms with Gasteiger partial charge in [-0.05, 0) is 25.7 Å². The highest BCUT2D eigenvalue weighted by atomic mass is 16.2. The highest BCUT2D eigenvalue weighted by Gasteiger charge is 2.37. The molecule has 3 atom stereocenters. The van der Waals surface area contributed by atoms with Crippen LogP contribution in [-0.4, -0.2) is 29.6 Å². The molecule has 1 N–H and O–H groups in total. The minimum Gasteiger partial charge on any atom is -0.323 e. The van der Waals surface area contributed by atoms with Gasteiger partial charge < -0.3 is 4.90 Å². The summed E-state index contributed by atoms with van der Waals surface area (Å²) in [6.45, 7) is 4.87. The fraction of sp³-hybridized carbons (Fsp3) is 0.900. The fourth-order valence-corrected chi connectivity index (χ4v) is 2.65. The Bertz CT molecular complexity index is 217. The molecule has 1 aliphatic heterocycles. The molecule has 1 aliphatic carbocycles. The monoisotopic (exact) mass is 182 g/mol. The van der Waals surface area contributed by atoms with Crippen molar-refractivity contribution in [2.24, 2.45) is 5.92 Å². The maximum absolute atomic E-state index is 11.6. The van der Waals surface area contributed by atoms with Crippen LogP contribution in [0.25, 0.3) is 0 Å². The van der Waals surface area contributed by atoms with Crippen molar-refractivity contribution in [1.29, 1.82) is 0 Å². The van der Waals surface area contributed by atoms with Crippen LogP contribution in [0.3, 0.4) is 0 Å². The zero-order valence-electron chi connectivity index (χ0n) is 8.42. The molecular weight excluding hydrogens is 164 g/mol. The summed E-state index contributed by atoms with van der Waals surface area (Å²) in [5.41, 5.74) is 0. The zero-order chi connectivity index (χ0) is 9.42. The second-order valence-corrected chi connectivity index (χ2v) is 4.33. The van der Waals surface area contributed by atoms with Crippen LogP contribution in [0, 0.1) is 5.92 Å². The molecule has 0 aromatic heterocycles. The van der Waals surface area contributed by atoms with E-state index in [4.69, 9.17) is 0 Å². The van der Waals surface area contributed by atoms with E-state index in [1.165, 1.54) is 19.3 Å². The Labute approximate surface area is 79.5 Å². The number of nitrogens with one attached hydrogen (secondary N) is 1. The van der Waals surface area contributed by atoms with Crippen molar-refractivity contribution < 1.29 is 4.79 Å². The first-order valence-electron chi connectivity index (χ1n) is 5.24. The third kappa shape index (κ3) is 1.46. The summed E-state index contributed by atoms with van der Waals surface area (Å²) in [6, 6.07) is 0.498. The molecule has 2 aliphatic rings. The van der Waals surface area contributed by atoms with E-state index < -0.39 is 0 Å². The van der Waals surface area contributed by atoms with Crippen molar-refractivity contribution in [3.05, 3.63) is 0 Å². The minimum absolute atomic E-state index is 0.248. The lowest BCUT2D eigenvalue weighted by molar-refractivity contribution is -0.130. The first-order valence-corrected chi connectivity index (χ1v) is 5.24. The number of nitrogens with zero attached hydrogens (tertiary/aromatic N) is 1. The molecule has 2 fully saturated rings. The lowest BCUT2D eigenvalue weighted by Crippen LogP contribution is -2.44. The van der Waals surface area contributed by atoms with Crippen molar-refractivity contribution in [2.75, 3.05) is 6.54 Å². The smallest absolute Gasteiger partial charge is 0.238 e. The third-order valence-electron chi connectivity index (χ3n) is 3.43. The van der Waals surface area contributed by atoms with E-state index in [-0.39, 0.29) is 12.1 Å². The molecule has 0 aromatic carbocycles. The second-order valence-electron chi connectivity index (χ2n) is 4.33. The van der Waals surface area contributed by atoms with Crippen LogP contribution in [0.2, 0.25) is 0 Å². The van der Waals surface area contributed by atoms with Crippen molar-refractivity contribution in [1.82, 2.24) is 10.2 Å². The average molecular weight is 182 g/mol. The molecule has 0 spiro atoms. The predicted molar refractivity (Wildman–Crippen MR) is 51.1 cm³/mol. The molecule has 1 saturated carbocycles. The van der Waals surface area contributed by atoms with Crippen LogP contribution in [-0.2, 0) is 4.79 Å². The Morgan fingerprint density at radius 3 is 2.62 bits per heavy atom. The van der Waals surface area contributed by atoms with Crippen LogP contribution in [0.4, 0.5) is 0 Å². The highest BCUT2D eigenvalue weighted by Crippen LogP contribution is 2.31. The normalized spacial score (nSPS) is 40.3. The Hall–Kier alpha value is -0.570. The second kappa shape index (κ2) is 3.29. The predicted octanol–water partition coefficient (Wildman–Crippen LogP) is 0.953. The van der Waals surface area contributed by atoms with E-state index in [9.17, 15) is 4.79 Å². The van der Waals surface area contributed by atoms with E-state index in [0.29, 0.717) is 18.5 Å². The van der Waals surface area contributed by atoms with Crippen LogP contribution >= 0.6 is 0 Å². The van der Waals surface area contributed by atoms with Crippen molar-refractivity contribution in [3.63, 3.8) is 0 Å². The Balaban J connectivity index is 2.09. The quantitative estimate of drug-likeness (QED) is 0.655. The van der Waals surface area contributed by atoms with E-state index in [1.807, 2.05) is 0 Å². The molecule has 3 unspecified atom stereocenters. The number of carbonyl (C=O) groups excluding carboxylic acids is 1. The van der Waals surface area contributed by atoms with Gasteiger partial charge in [0.05, 0.1) is 12.7 Å². The first kappa shape index (κ1) is 9.00. The van der Waals surface area contributed by atoms with E-state index in [2.05, 4.69) is 24.1 Å². The summed E-state index contributed by atoms with van der Waals surface area (Å²) in [6.07, 6.45) is 4.00. The van der Waals surface area contributed by atoms with E-state index in [0.717, 1.165) is 0 Å². The van der Waals surface area contributed by atoms with Crippen molar-refractivity contribution in [3.8, 4) is 0 Å². The molecule has 1 amide bonds. The largest absolute Gasteiger partial charge is 0.323 e. The van der Waals surface area contributed by atoms with Crippen LogP contribution < -0.4 is 5.32 Å². The summed E-state index contributed by atoms with van der Waals surface area (Å²) in [5.74, 6) is 0.970. The molecule has 0 radical (unpaired) electrons. The van der Waals surface area contributed by atoms with Gasteiger partial charge in [-0.2, -0.15) is 0 Å². The Morgan fingerprint density at radius 1 is 1.38 bits per heavy atom. The van der Waals surface area contributed by atoms with Gasteiger partial charge in [-0.15, -0.1) is 0 Å². The molecular formula is C10H18N2O. The van der Waals surface area contributed by atoms with Crippen molar-refractivity contribution >= 4 is 5.91 Å². The number of amides is 1. The maximum atomic E-state index is 11.6. The van der Waals surface area contributed by atoms with Gasteiger partial charge in [-0.1, -0.05) is 13.3 Å². The van der Waals surface area contributed by atoms with E-state index >= 15 is 0 Å².